The van der Waals surface area contributed by atoms with Crippen LogP contribution in [0.25, 0.3) is 0 Å². The maximum atomic E-state index is 13.1. The van der Waals surface area contributed by atoms with Crippen molar-refractivity contribution in [3.8, 4) is 0 Å². The molecule has 0 aliphatic carbocycles. The fourth-order valence-electron chi connectivity index (χ4n) is 3.62. The molecule has 0 saturated carbocycles. The monoisotopic (exact) mass is 457 g/mol. The van der Waals surface area contributed by atoms with E-state index in [0.717, 1.165) is 47.6 Å². The Kier molecular flexibility index (Phi) is 6.04. The molecular weight excluding hydrogens is 435 g/mol. The van der Waals surface area contributed by atoms with E-state index in [1.54, 1.807) is 12.1 Å². The van der Waals surface area contributed by atoms with Gasteiger partial charge in [0.05, 0.1) is 13.1 Å². The van der Waals surface area contributed by atoms with Gasteiger partial charge in [-0.15, -0.1) is 4.68 Å². The maximum absolute atomic E-state index is 13.1. The molecule has 5 nitrogen and oxygen atoms in total. The van der Waals surface area contributed by atoms with Crippen molar-refractivity contribution < 1.29 is 13.8 Å². The fourth-order valence-corrected chi connectivity index (χ4v) is 3.88. The zero-order valence-electron chi connectivity index (χ0n) is 16.1. The smallest absolute Gasteiger partial charge is 0.291 e. The van der Waals surface area contributed by atoms with Gasteiger partial charge in [0.2, 0.25) is 5.82 Å². The van der Waals surface area contributed by atoms with Crippen LogP contribution >= 0.6 is 15.9 Å². The number of rotatable bonds is 6. The quantitative estimate of drug-likeness (QED) is 0.443. The van der Waals surface area contributed by atoms with Crippen LogP contribution in [0.5, 0.6) is 0 Å². The number of fused-ring (bicyclic) bond motifs is 1. The molecule has 0 radical (unpaired) electrons. The average Bonchev–Trinajstić information content (AvgIpc) is 2.89. The highest BCUT2D eigenvalue weighted by atomic mass is 79.9. The van der Waals surface area contributed by atoms with Gasteiger partial charge in [0.1, 0.15) is 5.82 Å². The SMILES string of the molecule is O=C(Cn1nc(NCc2ccc(F)cc2)[n+]2c1CCCCC2)c1ccc(Br)cc1. The first-order valence-corrected chi connectivity index (χ1v) is 10.7. The Labute approximate surface area is 177 Å². The first-order valence-electron chi connectivity index (χ1n) is 9.87. The van der Waals surface area contributed by atoms with Gasteiger partial charge in [-0.3, -0.25) is 10.1 Å². The molecule has 4 rings (SSSR count). The van der Waals surface area contributed by atoms with Crippen LogP contribution in [0, 0.1) is 5.82 Å². The number of ketones is 1. The topological polar surface area (TPSA) is 50.8 Å². The van der Waals surface area contributed by atoms with Gasteiger partial charge in [-0.1, -0.05) is 46.6 Å². The lowest BCUT2D eigenvalue weighted by Crippen LogP contribution is -2.39. The van der Waals surface area contributed by atoms with E-state index in [2.05, 4.69) is 25.8 Å². The third kappa shape index (κ3) is 4.72. The molecule has 1 N–H and O–H groups in total. The number of hydrogen-bond acceptors (Lipinski definition) is 3. The lowest BCUT2D eigenvalue weighted by atomic mass is 10.1. The predicted octanol–water partition coefficient (Wildman–Crippen LogP) is 4.29. The Balaban J connectivity index is 1.56. The Bertz CT molecular complexity index is 999. The van der Waals surface area contributed by atoms with Crippen LogP contribution in [-0.4, -0.2) is 15.6 Å². The number of Topliss-reactive ketones (excluding diaryl/α,β-unsaturated/α-hetero) is 1. The first kappa shape index (κ1) is 19.8. The van der Waals surface area contributed by atoms with Crippen molar-refractivity contribution in [2.45, 2.75) is 45.3 Å². The van der Waals surface area contributed by atoms with E-state index in [1.165, 1.54) is 18.6 Å². The Morgan fingerprint density at radius 1 is 1.10 bits per heavy atom. The van der Waals surface area contributed by atoms with Crippen LogP contribution in [0.2, 0.25) is 0 Å². The van der Waals surface area contributed by atoms with Gasteiger partial charge < -0.3 is 0 Å². The van der Waals surface area contributed by atoms with Gasteiger partial charge in [0.25, 0.3) is 0 Å². The summed E-state index contributed by atoms with van der Waals surface area (Å²) in [5.41, 5.74) is 1.66. The number of nitrogens with one attached hydrogen (secondary N) is 1. The summed E-state index contributed by atoms with van der Waals surface area (Å²) < 4.78 is 18.1. The summed E-state index contributed by atoms with van der Waals surface area (Å²) in [6, 6.07) is 13.9. The third-order valence-electron chi connectivity index (χ3n) is 5.19. The van der Waals surface area contributed by atoms with Gasteiger partial charge in [-0.2, -0.15) is 0 Å². The lowest BCUT2D eigenvalue weighted by Gasteiger charge is -2.04. The molecule has 0 fully saturated rings. The van der Waals surface area contributed by atoms with Crippen LogP contribution in [0.1, 0.15) is 41.0 Å². The van der Waals surface area contributed by atoms with E-state index in [4.69, 9.17) is 5.10 Å². The number of benzene rings is 2. The molecule has 1 aliphatic rings. The van der Waals surface area contributed by atoms with Gasteiger partial charge in [-0.25, -0.2) is 8.96 Å². The van der Waals surface area contributed by atoms with Crippen LogP contribution < -0.4 is 9.88 Å². The molecule has 29 heavy (non-hydrogen) atoms. The summed E-state index contributed by atoms with van der Waals surface area (Å²) in [7, 11) is 0. The number of aromatic nitrogens is 3. The fraction of sp³-hybridized carbons (Fsp3) is 0.318. The Hall–Kier alpha value is -2.54. The summed E-state index contributed by atoms with van der Waals surface area (Å²) in [6.07, 6.45) is 4.25. The van der Waals surface area contributed by atoms with Crippen LogP contribution in [0.3, 0.4) is 0 Å². The summed E-state index contributed by atoms with van der Waals surface area (Å²) in [6.45, 7) is 1.65. The normalized spacial score (nSPS) is 13.6. The minimum Gasteiger partial charge on any atom is -0.291 e. The number of nitrogens with zero attached hydrogens (tertiary/aromatic N) is 3. The number of carbonyl (C=O) groups excluding carboxylic acids is 1. The molecular formula is C22H23BrFN4O+. The maximum Gasteiger partial charge on any atom is 0.378 e. The largest absolute Gasteiger partial charge is 0.378 e. The zero-order valence-corrected chi connectivity index (χ0v) is 17.7. The molecule has 3 aromatic rings. The van der Waals surface area contributed by atoms with E-state index < -0.39 is 0 Å². The Morgan fingerprint density at radius 2 is 1.86 bits per heavy atom. The minimum absolute atomic E-state index is 0.0396. The van der Waals surface area contributed by atoms with Crippen molar-refractivity contribution in [3.05, 3.63) is 75.8 Å². The molecule has 150 valence electrons. The third-order valence-corrected chi connectivity index (χ3v) is 5.71. The zero-order chi connectivity index (χ0) is 20.2. The standard InChI is InChI=1S/C22H23BrFN4O/c23-18-9-7-17(8-10-18)20(29)15-28-21-4-2-1-3-13-27(21)22(26-28)25-14-16-5-11-19(24)12-6-16/h5-12H,1-4,13-15H2,(H,25,26)/q+1. The van der Waals surface area contributed by atoms with Gasteiger partial charge in [-0.05, 0) is 42.7 Å². The molecule has 0 atom stereocenters. The summed E-state index contributed by atoms with van der Waals surface area (Å²) in [5, 5.41) is 8.08. The second-order valence-corrected chi connectivity index (χ2v) is 8.19. The van der Waals surface area contributed by atoms with Crippen molar-refractivity contribution in [3.63, 3.8) is 0 Å². The van der Waals surface area contributed by atoms with Crippen molar-refractivity contribution >= 4 is 27.7 Å². The summed E-state index contributed by atoms with van der Waals surface area (Å²) in [5.74, 6) is 1.63. The second-order valence-electron chi connectivity index (χ2n) is 7.27. The van der Waals surface area contributed by atoms with E-state index in [1.807, 2.05) is 28.9 Å². The molecule has 0 saturated heterocycles. The van der Waals surface area contributed by atoms with E-state index in [0.29, 0.717) is 12.1 Å². The van der Waals surface area contributed by atoms with Gasteiger partial charge in [0, 0.05) is 21.6 Å². The molecule has 2 heterocycles. The summed E-state index contributed by atoms with van der Waals surface area (Å²) >= 11 is 3.40. The van der Waals surface area contributed by atoms with Crippen molar-refractivity contribution in [1.82, 2.24) is 9.78 Å². The molecule has 1 aromatic heterocycles. The average molecular weight is 458 g/mol. The molecule has 1 aliphatic heterocycles. The van der Waals surface area contributed by atoms with Crippen LogP contribution in [0.4, 0.5) is 10.3 Å². The highest BCUT2D eigenvalue weighted by molar-refractivity contribution is 9.10. The van der Waals surface area contributed by atoms with Crippen molar-refractivity contribution in [1.29, 1.82) is 0 Å². The highest BCUT2D eigenvalue weighted by Gasteiger charge is 2.27. The lowest BCUT2D eigenvalue weighted by molar-refractivity contribution is -0.690. The number of halogens is 2. The predicted molar refractivity (Wildman–Crippen MR) is 112 cm³/mol. The number of anilines is 1. The first-order chi connectivity index (χ1) is 14.1. The number of hydrogen-bond donors (Lipinski definition) is 1. The highest BCUT2D eigenvalue weighted by Crippen LogP contribution is 2.15. The van der Waals surface area contributed by atoms with Gasteiger partial charge in [0.15, 0.2) is 12.3 Å². The van der Waals surface area contributed by atoms with E-state index in [-0.39, 0.29) is 18.1 Å². The minimum atomic E-state index is -0.243. The second kappa shape index (κ2) is 8.86. The Morgan fingerprint density at radius 3 is 2.62 bits per heavy atom. The molecule has 0 spiro atoms. The molecule has 0 amide bonds. The molecule has 2 aromatic carbocycles. The van der Waals surface area contributed by atoms with Crippen molar-refractivity contribution in [2.24, 2.45) is 0 Å². The molecule has 0 unspecified atom stereocenters. The molecule has 0 bridgehead atoms. The van der Waals surface area contributed by atoms with E-state index >= 15 is 0 Å². The molecule has 7 heteroatoms. The number of carbonyl (C=O) groups is 1. The van der Waals surface area contributed by atoms with Gasteiger partial charge >= 0.3 is 5.95 Å². The van der Waals surface area contributed by atoms with Crippen LogP contribution in [0.15, 0.2) is 53.0 Å². The van der Waals surface area contributed by atoms with E-state index in [9.17, 15) is 9.18 Å². The van der Waals surface area contributed by atoms with Crippen molar-refractivity contribution in [2.75, 3.05) is 5.32 Å². The van der Waals surface area contributed by atoms with Crippen LogP contribution in [-0.2, 0) is 26.1 Å². The summed E-state index contributed by atoms with van der Waals surface area (Å²) in [4.78, 5) is 12.8.